The average Bonchev–Trinajstić information content (AvgIpc) is 2.61. The van der Waals surface area contributed by atoms with Crippen LogP contribution in [0.15, 0.2) is 0 Å². The fourth-order valence-electron chi connectivity index (χ4n) is 1.75. The van der Waals surface area contributed by atoms with Crippen molar-refractivity contribution in [1.29, 1.82) is 0 Å². The Morgan fingerprint density at radius 1 is 1.33 bits per heavy atom. The van der Waals surface area contributed by atoms with E-state index in [0.717, 1.165) is 32.8 Å². The molecule has 0 unspecified atom stereocenters. The molecule has 1 atom stereocenters. The Morgan fingerprint density at radius 2 is 1.92 bits per heavy atom. The van der Waals surface area contributed by atoms with Gasteiger partial charge >= 0.3 is 0 Å². The summed E-state index contributed by atoms with van der Waals surface area (Å²) in [5.74, 6) is 0. The number of morpholine rings is 1. The van der Waals surface area contributed by atoms with E-state index in [1.807, 2.05) is 0 Å². The van der Waals surface area contributed by atoms with Crippen LogP contribution < -0.4 is 4.90 Å². The van der Waals surface area contributed by atoms with Crippen molar-refractivity contribution in [2.24, 2.45) is 0 Å². The van der Waals surface area contributed by atoms with E-state index in [1.165, 1.54) is 0 Å². The van der Waals surface area contributed by atoms with Gasteiger partial charge in [-0.1, -0.05) is 0 Å². The van der Waals surface area contributed by atoms with E-state index in [2.05, 4.69) is 13.8 Å². The third-order valence-electron chi connectivity index (χ3n) is 2.84. The van der Waals surface area contributed by atoms with Crippen LogP contribution in [-0.4, -0.2) is 44.6 Å². The molecule has 2 saturated heterocycles. The standard InChI is InChI=1S/C9H17NO2/c1-9(2)8(12-9)7-10-3-5-11-6-4-10/h8H,3-7H2,1-2H3/p+1/t8-/m1/s1. The van der Waals surface area contributed by atoms with Crippen molar-refractivity contribution in [3.63, 3.8) is 0 Å². The zero-order valence-electron chi connectivity index (χ0n) is 7.93. The van der Waals surface area contributed by atoms with Crippen molar-refractivity contribution in [2.75, 3.05) is 32.8 Å². The van der Waals surface area contributed by atoms with Crippen molar-refractivity contribution >= 4 is 0 Å². The van der Waals surface area contributed by atoms with Crippen molar-refractivity contribution in [3.8, 4) is 0 Å². The van der Waals surface area contributed by atoms with E-state index < -0.39 is 0 Å². The molecule has 2 aliphatic heterocycles. The molecule has 2 heterocycles. The minimum absolute atomic E-state index is 0.158. The predicted octanol–water partition coefficient (Wildman–Crippen LogP) is -0.921. The van der Waals surface area contributed by atoms with Crippen molar-refractivity contribution in [1.82, 2.24) is 0 Å². The average molecular weight is 172 g/mol. The Balaban J connectivity index is 1.73. The van der Waals surface area contributed by atoms with Gasteiger partial charge in [-0.2, -0.15) is 0 Å². The molecule has 0 bridgehead atoms. The summed E-state index contributed by atoms with van der Waals surface area (Å²) in [5, 5.41) is 0. The number of epoxide rings is 1. The van der Waals surface area contributed by atoms with Crippen LogP contribution in [0, 0.1) is 0 Å². The van der Waals surface area contributed by atoms with Gasteiger partial charge in [0, 0.05) is 0 Å². The van der Waals surface area contributed by atoms with E-state index in [-0.39, 0.29) is 5.60 Å². The summed E-state index contributed by atoms with van der Waals surface area (Å²) in [4.78, 5) is 1.64. The number of quaternary nitrogens is 1. The maximum Gasteiger partial charge on any atom is 0.135 e. The third-order valence-corrected chi connectivity index (χ3v) is 2.84. The van der Waals surface area contributed by atoms with Gasteiger partial charge in [0.2, 0.25) is 0 Å². The van der Waals surface area contributed by atoms with E-state index in [1.54, 1.807) is 4.90 Å². The SMILES string of the molecule is CC1(C)O[C@@H]1C[NH+]1CCOCC1. The summed E-state index contributed by atoms with van der Waals surface area (Å²) in [7, 11) is 0. The summed E-state index contributed by atoms with van der Waals surface area (Å²) < 4.78 is 10.8. The zero-order valence-corrected chi connectivity index (χ0v) is 7.93. The monoisotopic (exact) mass is 172 g/mol. The second-order valence-electron chi connectivity index (χ2n) is 4.28. The molecule has 0 aromatic carbocycles. The van der Waals surface area contributed by atoms with Gasteiger partial charge in [0.15, 0.2) is 0 Å². The second-order valence-corrected chi connectivity index (χ2v) is 4.28. The van der Waals surface area contributed by atoms with Crippen molar-refractivity contribution in [2.45, 2.75) is 25.6 Å². The van der Waals surface area contributed by atoms with Gasteiger partial charge in [-0.05, 0) is 13.8 Å². The molecule has 0 saturated carbocycles. The second kappa shape index (κ2) is 2.98. The van der Waals surface area contributed by atoms with E-state index in [9.17, 15) is 0 Å². The summed E-state index contributed by atoms with van der Waals surface area (Å²) in [6, 6.07) is 0. The highest BCUT2D eigenvalue weighted by Crippen LogP contribution is 2.33. The molecule has 0 aromatic rings. The van der Waals surface area contributed by atoms with Crippen LogP contribution in [0.1, 0.15) is 13.8 Å². The molecule has 0 radical (unpaired) electrons. The first-order valence-electron chi connectivity index (χ1n) is 4.77. The lowest BCUT2D eigenvalue weighted by Gasteiger charge is -2.23. The molecule has 3 nitrogen and oxygen atoms in total. The van der Waals surface area contributed by atoms with Gasteiger partial charge in [-0.15, -0.1) is 0 Å². The highest BCUT2D eigenvalue weighted by molar-refractivity contribution is 4.94. The zero-order chi connectivity index (χ0) is 8.60. The van der Waals surface area contributed by atoms with Crippen molar-refractivity contribution < 1.29 is 14.4 Å². The highest BCUT2D eigenvalue weighted by atomic mass is 16.6. The van der Waals surface area contributed by atoms with Crippen LogP contribution in [0.2, 0.25) is 0 Å². The summed E-state index contributed by atoms with van der Waals surface area (Å²) >= 11 is 0. The predicted molar refractivity (Wildman–Crippen MR) is 45.3 cm³/mol. The largest absolute Gasteiger partial charge is 0.370 e. The summed E-state index contributed by atoms with van der Waals surface area (Å²) in [5.41, 5.74) is 0.158. The Hall–Kier alpha value is -0.120. The number of rotatable bonds is 2. The van der Waals surface area contributed by atoms with E-state index in [4.69, 9.17) is 9.47 Å². The lowest BCUT2D eigenvalue weighted by atomic mass is 10.1. The molecule has 2 fully saturated rings. The quantitative estimate of drug-likeness (QED) is 0.545. The smallest absolute Gasteiger partial charge is 0.135 e. The number of hydrogen-bond acceptors (Lipinski definition) is 2. The lowest BCUT2D eigenvalue weighted by molar-refractivity contribution is -0.908. The molecule has 2 rings (SSSR count). The van der Waals surface area contributed by atoms with Crippen LogP contribution in [-0.2, 0) is 9.47 Å². The molecule has 0 aromatic heterocycles. The number of hydrogen-bond donors (Lipinski definition) is 1. The Morgan fingerprint density at radius 3 is 2.42 bits per heavy atom. The molecule has 70 valence electrons. The topological polar surface area (TPSA) is 26.2 Å². The molecule has 1 N–H and O–H groups in total. The molecular formula is C9H18NO2+. The summed E-state index contributed by atoms with van der Waals surface area (Å²) in [6.07, 6.45) is 0.491. The molecular weight excluding hydrogens is 154 g/mol. The fourth-order valence-corrected chi connectivity index (χ4v) is 1.75. The molecule has 12 heavy (non-hydrogen) atoms. The molecule has 2 aliphatic rings. The molecule has 0 aliphatic carbocycles. The number of nitrogens with one attached hydrogen (secondary N) is 1. The Kier molecular flexibility index (Phi) is 2.10. The van der Waals surface area contributed by atoms with Crippen LogP contribution in [0.4, 0.5) is 0 Å². The number of ether oxygens (including phenoxy) is 2. The maximum atomic E-state index is 5.55. The van der Waals surface area contributed by atoms with Gasteiger partial charge in [-0.25, -0.2) is 0 Å². The molecule has 0 spiro atoms. The van der Waals surface area contributed by atoms with Gasteiger partial charge < -0.3 is 14.4 Å². The first kappa shape index (κ1) is 8.48. The van der Waals surface area contributed by atoms with E-state index in [0.29, 0.717) is 6.10 Å². The molecule has 0 amide bonds. The maximum absolute atomic E-state index is 5.55. The normalized spacial score (nSPS) is 35.0. The Bertz CT molecular complexity index is 164. The minimum atomic E-state index is 0.158. The summed E-state index contributed by atoms with van der Waals surface area (Å²) in [6.45, 7) is 9.63. The van der Waals surface area contributed by atoms with Crippen LogP contribution in [0.25, 0.3) is 0 Å². The van der Waals surface area contributed by atoms with Gasteiger partial charge in [0.25, 0.3) is 0 Å². The van der Waals surface area contributed by atoms with Gasteiger partial charge in [0.05, 0.1) is 18.8 Å². The van der Waals surface area contributed by atoms with Crippen LogP contribution in [0.5, 0.6) is 0 Å². The highest BCUT2D eigenvalue weighted by Gasteiger charge is 2.50. The Labute approximate surface area is 73.6 Å². The van der Waals surface area contributed by atoms with Crippen molar-refractivity contribution in [3.05, 3.63) is 0 Å². The minimum Gasteiger partial charge on any atom is -0.370 e. The van der Waals surface area contributed by atoms with Crippen LogP contribution in [0.3, 0.4) is 0 Å². The van der Waals surface area contributed by atoms with Gasteiger partial charge in [-0.3, -0.25) is 0 Å². The molecule has 3 heteroatoms. The third kappa shape index (κ3) is 1.79. The van der Waals surface area contributed by atoms with E-state index >= 15 is 0 Å². The van der Waals surface area contributed by atoms with Gasteiger partial charge in [0.1, 0.15) is 25.7 Å². The first-order valence-corrected chi connectivity index (χ1v) is 4.77. The fraction of sp³-hybridized carbons (Fsp3) is 1.00. The first-order chi connectivity index (χ1) is 5.68. The van der Waals surface area contributed by atoms with Crippen LogP contribution >= 0.6 is 0 Å². The lowest BCUT2D eigenvalue weighted by Crippen LogP contribution is -3.14.